The van der Waals surface area contributed by atoms with Crippen LogP contribution in [0.2, 0.25) is 0 Å². The lowest BCUT2D eigenvalue weighted by Crippen LogP contribution is -2.48. The van der Waals surface area contributed by atoms with Gasteiger partial charge in [0, 0.05) is 18.0 Å². The van der Waals surface area contributed by atoms with Crippen molar-refractivity contribution in [3.63, 3.8) is 0 Å². The van der Waals surface area contributed by atoms with Crippen molar-refractivity contribution in [2.45, 2.75) is 70.5 Å². The predicted octanol–water partition coefficient (Wildman–Crippen LogP) is 4.28. The van der Waals surface area contributed by atoms with Crippen LogP contribution >= 0.6 is 0 Å². The molecule has 0 aromatic heterocycles. The fourth-order valence-electron chi connectivity index (χ4n) is 4.62. The summed E-state index contributed by atoms with van der Waals surface area (Å²) >= 11 is 0. The van der Waals surface area contributed by atoms with Gasteiger partial charge in [0.2, 0.25) is 0 Å². The molecule has 1 aliphatic heterocycles. The van der Waals surface area contributed by atoms with Gasteiger partial charge >= 0.3 is 0 Å². The summed E-state index contributed by atoms with van der Waals surface area (Å²) in [5.74, 6) is -1.64. The van der Waals surface area contributed by atoms with Gasteiger partial charge < -0.3 is 10.6 Å². The maximum Gasteiger partial charge on any atom is 0.254 e. The molecule has 1 saturated heterocycles. The minimum Gasteiger partial charge on any atom is -0.342 e. The third kappa shape index (κ3) is 4.85. The van der Waals surface area contributed by atoms with E-state index in [0.29, 0.717) is 13.0 Å². The molecule has 2 fully saturated rings. The number of amides is 1. The Morgan fingerprint density at radius 2 is 1.90 bits per heavy atom. The summed E-state index contributed by atoms with van der Waals surface area (Å²) in [7, 11) is 0. The first-order valence-electron chi connectivity index (χ1n) is 10.9. The van der Waals surface area contributed by atoms with E-state index in [4.69, 9.17) is 0 Å². The van der Waals surface area contributed by atoms with Crippen LogP contribution in [0.25, 0.3) is 0 Å². The lowest BCUT2D eigenvalue weighted by Gasteiger charge is -2.32. The molecule has 2 N–H and O–H groups in total. The van der Waals surface area contributed by atoms with Gasteiger partial charge in [0.1, 0.15) is 5.82 Å². The summed E-state index contributed by atoms with van der Waals surface area (Å²) in [5.41, 5.74) is -2.10. The minimum absolute atomic E-state index is 0.0275. The largest absolute Gasteiger partial charge is 0.342 e. The van der Waals surface area contributed by atoms with E-state index in [2.05, 4.69) is 10.6 Å². The summed E-state index contributed by atoms with van der Waals surface area (Å²) < 4.78 is 30.5. The first-order valence-corrected chi connectivity index (χ1v) is 10.9. The molecular weight excluding hydrogens is 374 g/mol. The number of carbonyl (C=O) groups is 2. The van der Waals surface area contributed by atoms with Crippen LogP contribution in [-0.4, -0.2) is 30.8 Å². The van der Waals surface area contributed by atoms with Crippen LogP contribution in [0.4, 0.5) is 8.78 Å². The van der Waals surface area contributed by atoms with Crippen LogP contribution in [0, 0.1) is 17.7 Å². The van der Waals surface area contributed by atoms with Gasteiger partial charge in [-0.2, -0.15) is 0 Å². The molecule has 3 rings (SSSR count). The van der Waals surface area contributed by atoms with Crippen molar-refractivity contribution in [1.29, 1.82) is 0 Å². The second-order valence-corrected chi connectivity index (χ2v) is 8.82. The van der Waals surface area contributed by atoms with Gasteiger partial charge in [-0.25, -0.2) is 8.78 Å². The minimum atomic E-state index is -1.82. The van der Waals surface area contributed by atoms with Crippen molar-refractivity contribution >= 4 is 11.7 Å². The number of hydrogen-bond acceptors (Lipinski definition) is 3. The molecule has 1 aromatic rings. The van der Waals surface area contributed by atoms with Gasteiger partial charge in [-0.1, -0.05) is 45.2 Å². The highest BCUT2D eigenvalue weighted by molar-refractivity contribution is 5.98. The molecule has 6 heteroatoms. The summed E-state index contributed by atoms with van der Waals surface area (Å²) in [4.78, 5) is 25.7. The quantitative estimate of drug-likeness (QED) is 0.741. The number of Topliss-reactive ketones (excluding diaryl/α,β-unsaturated/α-hetero) is 1. The van der Waals surface area contributed by atoms with Gasteiger partial charge in [-0.05, 0) is 44.2 Å². The topological polar surface area (TPSA) is 58.2 Å². The number of halogens is 2. The molecular formula is C23H32F2N2O2. The van der Waals surface area contributed by atoms with E-state index < -0.39 is 23.4 Å². The van der Waals surface area contributed by atoms with Crippen molar-refractivity contribution < 1.29 is 18.4 Å². The van der Waals surface area contributed by atoms with Crippen molar-refractivity contribution in [2.75, 3.05) is 13.1 Å². The maximum atomic E-state index is 15.3. The standard InChI is InChI=1S/C23H32F2N2O2/c1-15(2)21(28)20(16-8-4-3-5-9-16)27-22(29)17-10-6-11-18(19(17)24)23(25)12-7-13-26-14-23/h6,10-11,15-16,20,26H,3-5,7-9,12-14H2,1-2H3,(H,27,29). The number of carbonyl (C=O) groups excluding carboxylic acids is 2. The van der Waals surface area contributed by atoms with Crippen LogP contribution in [0.5, 0.6) is 0 Å². The highest BCUT2D eigenvalue weighted by atomic mass is 19.1. The molecule has 1 heterocycles. The first kappa shape index (κ1) is 21.9. The molecule has 0 radical (unpaired) electrons. The van der Waals surface area contributed by atoms with E-state index in [1.165, 1.54) is 18.2 Å². The first-order chi connectivity index (χ1) is 13.8. The predicted molar refractivity (Wildman–Crippen MR) is 109 cm³/mol. The Kier molecular flexibility index (Phi) is 7.04. The van der Waals surface area contributed by atoms with Crippen molar-refractivity contribution in [3.05, 3.63) is 35.1 Å². The molecule has 4 nitrogen and oxygen atoms in total. The van der Waals surface area contributed by atoms with E-state index in [-0.39, 0.29) is 41.7 Å². The average Bonchev–Trinajstić information content (AvgIpc) is 2.72. The van der Waals surface area contributed by atoms with E-state index in [9.17, 15) is 9.59 Å². The van der Waals surface area contributed by atoms with Crippen LogP contribution in [0.1, 0.15) is 74.7 Å². The summed E-state index contributed by atoms with van der Waals surface area (Å²) in [6.45, 7) is 4.36. The summed E-state index contributed by atoms with van der Waals surface area (Å²) in [6.07, 6.45) is 5.79. The molecule has 0 spiro atoms. The van der Waals surface area contributed by atoms with E-state index in [0.717, 1.165) is 32.1 Å². The number of hydrogen-bond donors (Lipinski definition) is 2. The molecule has 2 unspecified atom stereocenters. The molecule has 2 atom stereocenters. The van der Waals surface area contributed by atoms with Gasteiger partial charge in [0.25, 0.3) is 5.91 Å². The lowest BCUT2D eigenvalue weighted by molar-refractivity contribution is -0.125. The number of nitrogens with one attached hydrogen (secondary N) is 2. The molecule has 1 amide bonds. The number of piperidine rings is 1. The molecule has 1 aromatic carbocycles. The summed E-state index contributed by atoms with van der Waals surface area (Å²) in [5, 5.41) is 5.77. The average molecular weight is 407 g/mol. The molecule has 0 bridgehead atoms. The van der Waals surface area contributed by atoms with Crippen LogP contribution in [0.15, 0.2) is 18.2 Å². The van der Waals surface area contributed by atoms with E-state index in [1.54, 1.807) is 0 Å². The Morgan fingerprint density at radius 1 is 1.17 bits per heavy atom. The molecule has 1 saturated carbocycles. The van der Waals surface area contributed by atoms with Crippen molar-refractivity contribution in [3.8, 4) is 0 Å². The Labute approximate surface area is 171 Å². The van der Waals surface area contributed by atoms with E-state index >= 15 is 8.78 Å². The zero-order chi connectivity index (χ0) is 21.0. The maximum absolute atomic E-state index is 15.3. The number of alkyl halides is 1. The highest BCUT2D eigenvalue weighted by Crippen LogP contribution is 2.35. The Morgan fingerprint density at radius 3 is 2.52 bits per heavy atom. The SMILES string of the molecule is CC(C)C(=O)C(NC(=O)c1cccc(C2(F)CCCNC2)c1F)C1CCCCC1. The highest BCUT2D eigenvalue weighted by Gasteiger charge is 2.38. The smallest absolute Gasteiger partial charge is 0.254 e. The molecule has 29 heavy (non-hydrogen) atoms. The number of ketones is 1. The lowest BCUT2D eigenvalue weighted by atomic mass is 9.80. The van der Waals surface area contributed by atoms with E-state index in [1.807, 2.05) is 13.8 Å². The molecule has 2 aliphatic rings. The fraction of sp³-hybridized carbons (Fsp3) is 0.652. The zero-order valence-corrected chi connectivity index (χ0v) is 17.4. The van der Waals surface area contributed by atoms with Gasteiger partial charge in [-0.3, -0.25) is 9.59 Å². The normalized spacial score (nSPS) is 24.3. The molecule has 160 valence electrons. The number of benzene rings is 1. The summed E-state index contributed by atoms with van der Waals surface area (Å²) in [6, 6.07) is 3.67. The van der Waals surface area contributed by atoms with Crippen molar-refractivity contribution in [2.24, 2.45) is 11.8 Å². The second-order valence-electron chi connectivity index (χ2n) is 8.82. The zero-order valence-electron chi connectivity index (χ0n) is 17.4. The number of rotatable bonds is 6. The van der Waals surface area contributed by atoms with Gasteiger partial charge in [-0.15, -0.1) is 0 Å². The molecule has 1 aliphatic carbocycles. The third-order valence-electron chi connectivity index (χ3n) is 6.34. The monoisotopic (exact) mass is 406 g/mol. The van der Waals surface area contributed by atoms with Crippen molar-refractivity contribution in [1.82, 2.24) is 10.6 Å². The Bertz CT molecular complexity index is 738. The Balaban J connectivity index is 1.84. The van der Waals surface area contributed by atoms with Gasteiger partial charge in [0.05, 0.1) is 11.6 Å². The van der Waals surface area contributed by atoms with Crippen LogP contribution < -0.4 is 10.6 Å². The third-order valence-corrected chi connectivity index (χ3v) is 6.34. The van der Waals surface area contributed by atoms with Crippen LogP contribution in [0.3, 0.4) is 0 Å². The Hall–Kier alpha value is -1.82. The van der Waals surface area contributed by atoms with Crippen LogP contribution in [-0.2, 0) is 10.5 Å². The van der Waals surface area contributed by atoms with Gasteiger partial charge in [0.15, 0.2) is 11.5 Å². The second kappa shape index (κ2) is 9.33. The fourth-order valence-corrected chi connectivity index (χ4v) is 4.62.